The molecule has 0 bridgehead atoms. The van der Waals surface area contributed by atoms with Gasteiger partial charge in [0.25, 0.3) is 0 Å². The average molecular weight is 124 g/mol. The molecule has 2 fully saturated rings. The van der Waals surface area contributed by atoms with Gasteiger partial charge >= 0.3 is 0 Å². The zero-order valence-electron chi connectivity index (χ0n) is 5.84. The van der Waals surface area contributed by atoms with Crippen molar-refractivity contribution in [2.75, 3.05) is 13.1 Å². The maximum atomic E-state index is 4.42. The molecule has 0 spiro atoms. The maximum absolute atomic E-state index is 4.42. The highest BCUT2D eigenvalue weighted by Crippen LogP contribution is 2.35. The Labute approximate surface area is 56.8 Å². The van der Waals surface area contributed by atoms with E-state index >= 15 is 0 Å². The number of rotatable bonds is 0. The Morgan fingerprint density at radius 1 is 1.00 bits per heavy atom. The predicted octanol–water partition coefficient (Wildman–Crippen LogP) is 1.41. The smallest absolute Gasteiger partial charge is 0.0164 e. The number of fused-ring (bicyclic) bond motifs is 1. The second-order valence-corrected chi connectivity index (χ2v) is 3.37. The third kappa shape index (κ3) is 0.983. The van der Waals surface area contributed by atoms with E-state index in [0.29, 0.717) is 0 Å². The summed E-state index contributed by atoms with van der Waals surface area (Å²) in [5.41, 5.74) is 0. The Bertz CT molecular complexity index is 88.7. The summed E-state index contributed by atoms with van der Waals surface area (Å²) in [6.45, 7) is 2.34. The van der Waals surface area contributed by atoms with Crippen LogP contribution in [-0.4, -0.2) is 13.1 Å². The first-order chi connectivity index (χ1) is 4.47. The lowest BCUT2D eigenvalue weighted by atomic mass is 9.90. The van der Waals surface area contributed by atoms with Crippen LogP contribution < -0.4 is 5.32 Å². The van der Waals surface area contributed by atoms with Gasteiger partial charge in [0.05, 0.1) is 0 Å². The summed E-state index contributed by atoms with van der Waals surface area (Å²) in [6, 6.07) is 0. The minimum Gasteiger partial charge on any atom is -0.241 e. The van der Waals surface area contributed by atoms with Crippen molar-refractivity contribution < 1.29 is 0 Å². The van der Waals surface area contributed by atoms with Crippen molar-refractivity contribution in [3.8, 4) is 0 Å². The SMILES string of the molecule is C1CC2CC[N]CC2C1. The van der Waals surface area contributed by atoms with Crippen molar-refractivity contribution in [3.63, 3.8) is 0 Å². The predicted molar refractivity (Wildman–Crippen MR) is 37.3 cm³/mol. The molecule has 2 atom stereocenters. The number of hydrogen-bond donors (Lipinski definition) is 0. The summed E-state index contributed by atoms with van der Waals surface area (Å²) >= 11 is 0. The third-order valence-electron chi connectivity index (χ3n) is 2.84. The van der Waals surface area contributed by atoms with Crippen LogP contribution in [0.5, 0.6) is 0 Å². The lowest BCUT2D eigenvalue weighted by Crippen LogP contribution is -2.28. The second kappa shape index (κ2) is 2.30. The van der Waals surface area contributed by atoms with E-state index in [1.165, 1.54) is 32.2 Å². The van der Waals surface area contributed by atoms with Crippen molar-refractivity contribution >= 4 is 0 Å². The molecule has 1 radical (unpaired) electrons. The second-order valence-electron chi connectivity index (χ2n) is 3.37. The van der Waals surface area contributed by atoms with Crippen LogP contribution in [0.4, 0.5) is 0 Å². The van der Waals surface area contributed by atoms with E-state index in [0.717, 1.165) is 18.4 Å². The van der Waals surface area contributed by atoms with Crippen molar-refractivity contribution in [1.82, 2.24) is 5.32 Å². The van der Waals surface area contributed by atoms with E-state index in [1.54, 1.807) is 0 Å². The molecule has 0 aromatic heterocycles. The van der Waals surface area contributed by atoms with E-state index in [1.807, 2.05) is 0 Å². The monoisotopic (exact) mass is 124 g/mol. The molecular weight excluding hydrogens is 110 g/mol. The van der Waals surface area contributed by atoms with Crippen LogP contribution in [0, 0.1) is 11.8 Å². The molecule has 1 nitrogen and oxygen atoms in total. The molecule has 2 unspecified atom stereocenters. The number of piperidine rings is 1. The zero-order chi connectivity index (χ0) is 6.10. The zero-order valence-corrected chi connectivity index (χ0v) is 5.84. The van der Waals surface area contributed by atoms with Gasteiger partial charge in [0.2, 0.25) is 0 Å². The molecule has 2 rings (SSSR count). The molecule has 0 amide bonds. The van der Waals surface area contributed by atoms with Crippen LogP contribution in [0.3, 0.4) is 0 Å². The Hall–Kier alpha value is -0.0400. The fraction of sp³-hybridized carbons (Fsp3) is 1.00. The molecule has 1 saturated carbocycles. The van der Waals surface area contributed by atoms with Crippen LogP contribution >= 0.6 is 0 Å². The minimum atomic E-state index is 0.999. The van der Waals surface area contributed by atoms with Crippen LogP contribution in [0.2, 0.25) is 0 Å². The van der Waals surface area contributed by atoms with Gasteiger partial charge in [0.1, 0.15) is 0 Å². The molecule has 1 aliphatic heterocycles. The van der Waals surface area contributed by atoms with Crippen LogP contribution in [0.15, 0.2) is 0 Å². The van der Waals surface area contributed by atoms with Gasteiger partial charge in [-0.1, -0.05) is 12.8 Å². The minimum absolute atomic E-state index is 0.999. The first-order valence-electron chi connectivity index (χ1n) is 4.10. The lowest BCUT2D eigenvalue weighted by Gasteiger charge is -2.24. The summed E-state index contributed by atoms with van der Waals surface area (Å²) in [7, 11) is 0. The van der Waals surface area contributed by atoms with Gasteiger partial charge in [-0.2, -0.15) is 0 Å². The normalized spacial score (nSPS) is 42.7. The van der Waals surface area contributed by atoms with E-state index in [2.05, 4.69) is 5.32 Å². The Kier molecular flexibility index (Phi) is 1.46. The van der Waals surface area contributed by atoms with E-state index in [9.17, 15) is 0 Å². The molecule has 0 aromatic carbocycles. The number of hydrogen-bond acceptors (Lipinski definition) is 0. The van der Waals surface area contributed by atoms with Crippen LogP contribution in [0.1, 0.15) is 25.7 Å². The highest BCUT2D eigenvalue weighted by atomic mass is 14.9. The Morgan fingerprint density at radius 3 is 2.78 bits per heavy atom. The van der Waals surface area contributed by atoms with Gasteiger partial charge in [-0.3, -0.25) is 0 Å². The molecule has 1 heterocycles. The quantitative estimate of drug-likeness (QED) is 0.463. The standard InChI is InChI=1S/C8H14N/c1-2-7-4-5-9-6-8(7)3-1/h7-8H,1-6H2. The van der Waals surface area contributed by atoms with E-state index in [4.69, 9.17) is 0 Å². The first kappa shape index (κ1) is 5.72. The summed E-state index contributed by atoms with van der Waals surface area (Å²) < 4.78 is 0. The highest BCUT2D eigenvalue weighted by molar-refractivity contribution is 4.82. The average Bonchev–Trinajstić information content (AvgIpc) is 2.33. The van der Waals surface area contributed by atoms with Crippen molar-refractivity contribution in [1.29, 1.82) is 0 Å². The summed E-state index contributed by atoms with van der Waals surface area (Å²) in [5.74, 6) is 2.07. The highest BCUT2D eigenvalue weighted by Gasteiger charge is 2.29. The summed E-state index contributed by atoms with van der Waals surface area (Å²) in [4.78, 5) is 0. The molecule has 0 aromatic rings. The first-order valence-corrected chi connectivity index (χ1v) is 4.10. The number of nitrogens with zero attached hydrogens (tertiary/aromatic N) is 1. The molecular formula is C8H14N. The maximum Gasteiger partial charge on any atom is 0.0164 e. The molecule has 1 saturated heterocycles. The van der Waals surface area contributed by atoms with Gasteiger partial charge < -0.3 is 0 Å². The summed E-state index contributed by atoms with van der Waals surface area (Å²) in [5, 5.41) is 4.42. The van der Waals surface area contributed by atoms with Crippen LogP contribution in [-0.2, 0) is 0 Å². The van der Waals surface area contributed by atoms with E-state index in [-0.39, 0.29) is 0 Å². The summed E-state index contributed by atoms with van der Waals surface area (Å²) in [6.07, 6.45) is 5.84. The molecule has 0 N–H and O–H groups in total. The van der Waals surface area contributed by atoms with Crippen molar-refractivity contribution in [2.45, 2.75) is 25.7 Å². The largest absolute Gasteiger partial charge is 0.241 e. The van der Waals surface area contributed by atoms with Gasteiger partial charge in [0.15, 0.2) is 0 Å². The molecule has 1 aliphatic carbocycles. The molecule has 1 heteroatoms. The van der Waals surface area contributed by atoms with Gasteiger partial charge in [-0.15, -0.1) is 0 Å². The topological polar surface area (TPSA) is 14.1 Å². The Morgan fingerprint density at radius 2 is 1.89 bits per heavy atom. The lowest BCUT2D eigenvalue weighted by molar-refractivity contribution is 0.291. The van der Waals surface area contributed by atoms with Crippen molar-refractivity contribution in [3.05, 3.63) is 0 Å². The molecule has 9 heavy (non-hydrogen) atoms. The Balaban J connectivity index is 1.97. The van der Waals surface area contributed by atoms with Gasteiger partial charge in [0, 0.05) is 13.1 Å². The van der Waals surface area contributed by atoms with Gasteiger partial charge in [-0.25, -0.2) is 5.32 Å². The van der Waals surface area contributed by atoms with Crippen molar-refractivity contribution in [2.24, 2.45) is 11.8 Å². The van der Waals surface area contributed by atoms with Gasteiger partial charge in [-0.05, 0) is 24.7 Å². The fourth-order valence-corrected chi connectivity index (χ4v) is 2.25. The van der Waals surface area contributed by atoms with E-state index < -0.39 is 0 Å². The third-order valence-corrected chi connectivity index (χ3v) is 2.84. The van der Waals surface area contributed by atoms with Crippen LogP contribution in [0.25, 0.3) is 0 Å². The molecule has 51 valence electrons. The fourth-order valence-electron chi connectivity index (χ4n) is 2.25. The molecule has 2 aliphatic rings.